The van der Waals surface area contributed by atoms with Crippen molar-refractivity contribution in [2.75, 3.05) is 7.05 Å². The third kappa shape index (κ3) is 3.63. The maximum atomic E-state index is 12.5. The summed E-state index contributed by atoms with van der Waals surface area (Å²) in [5.74, 6) is 0.0297. The van der Waals surface area contributed by atoms with E-state index < -0.39 is 0 Å². The molecule has 0 spiro atoms. The Balaban J connectivity index is 1.42. The third-order valence-electron chi connectivity index (χ3n) is 3.90. The van der Waals surface area contributed by atoms with Gasteiger partial charge in [0.05, 0.1) is 34.6 Å². The van der Waals surface area contributed by atoms with Gasteiger partial charge in [-0.2, -0.15) is 0 Å². The number of para-hydroxylation sites is 1. The minimum absolute atomic E-state index is 0.0297. The molecule has 5 nitrogen and oxygen atoms in total. The summed E-state index contributed by atoms with van der Waals surface area (Å²) >= 11 is 3.13. The van der Waals surface area contributed by atoms with Gasteiger partial charge in [0.15, 0.2) is 0 Å². The third-order valence-corrected chi connectivity index (χ3v) is 5.84. The van der Waals surface area contributed by atoms with Crippen molar-refractivity contribution in [3.63, 3.8) is 0 Å². The van der Waals surface area contributed by atoms with Gasteiger partial charge in [-0.25, -0.2) is 9.97 Å². The number of aromatic nitrogens is 3. The predicted octanol–water partition coefficient (Wildman–Crippen LogP) is 4.02. The van der Waals surface area contributed by atoms with Crippen molar-refractivity contribution in [2.45, 2.75) is 13.0 Å². The Bertz CT molecular complexity index is 1010. The number of carbonyl (C=O) groups excluding carboxylic acids is 1. The standard InChI is InChI=1S/C19H16N4OS2/c1-23(11-17-22-14-6-2-3-8-16(14)26-17)18(24)10-13-12-25-19(21-13)15-7-4-5-9-20-15/h2-9,12H,10-11H2,1H3. The van der Waals surface area contributed by atoms with Crippen LogP contribution in [-0.4, -0.2) is 32.8 Å². The van der Waals surface area contributed by atoms with Crippen LogP contribution >= 0.6 is 22.7 Å². The van der Waals surface area contributed by atoms with Crippen molar-refractivity contribution in [3.8, 4) is 10.7 Å². The maximum Gasteiger partial charge on any atom is 0.228 e. The summed E-state index contributed by atoms with van der Waals surface area (Å²) in [5.41, 5.74) is 2.59. The summed E-state index contributed by atoms with van der Waals surface area (Å²) in [6.45, 7) is 0.509. The zero-order valence-corrected chi connectivity index (χ0v) is 15.8. The van der Waals surface area contributed by atoms with E-state index in [1.807, 2.05) is 47.8 Å². The van der Waals surface area contributed by atoms with Gasteiger partial charge in [-0.3, -0.25) is 9.78 Å². The van der Waals surface area contributed by atoms with Crippen LogP contribution in [0, 0.1) is 0 Å². The number of pyridine rings is 1. The first-order chi connectivity index (χ1) is 12.7. The monoisotopic (exact) mass is 380 g/mol. The van der Waals surface area contributed by atoms with E-state index in [1.54, 1.807) is 29.5 Å². The van der Waals surface area contributed by atoms with E-state index in [0.717, 1.165) is 31.6 Å². The Kier molecular flexibility index (Phi) is 4.73. The van der Waals surface area contributed by atoms with E-state index in [1.165, 1.54) is 11.3 Å². The van der Waals surface area contributed by atoms with Crippen molar-refractivity contribution in [2.24, 2.45) is 0 Å². The number of thiazole rings is 2. The Hall–Kier alpha value is -2.64. The minimum Gasteiger partial charge on any atom is -0.339 e. The Labute approximate surface area is 159 Å². The summed E-state index contributed by atoms with van der Waals surface area (Å²) in [4.78, 5) is 27.7. The molecule has 0 aliphatic heterocycles. The van der Waals surface area contributed by atoms with Crippen LogP contribution in [0.1, 0.15) is 10.7 Å². The van der Waals surface area contributed by atoms with Crippen molar-refractivity contribution in [1.82, 2.24) is 19.9 Å². The van der Waals surface area contributed by atoms with Crippen LogP contribution in [0.2, 0.25) is 0 Å². The lowest BCUT2D eigenvalue weighted by Crippen LogP contribution is -2.27. The number of carbonyl (C=O) groups is 1. The van der Waals surface area contributed by atoms with Gasteiger partial charge < -0.3 is 4.90 Å². The first-order valence-corrected chi connectivity index (χ1v) is 9.83. The molecule has 130 valence electrons. The first kappa shape index (κ1) is 16.8. The van der Waals surface area contributed by atoms with Gasteiger partial charge in [-0.05, 0) is 24.3 Å². The topological polar surface area (TPSA) is 59.0 Å². The van der Waals surface area contributed by atoms with Crippen LogP contribution in [0.4, 0.5) is 0 Å². The quantitative estimate of drug-likeness (QED) is 0.525. The molecule has 0 aliphatic rings. The molecule has 4 aromatic rings. The number of fused-ring (bicyclic) bond motifs is 1. The number of hydrogen-bond acceptors (Lipinski definition) is 6. The SMILES string of the molecule is CN(Cc1nc2ccccc2s1)C(=O)Cc1csc(-c2ccccn2)n1. The number of benzene rings is 1. The summed E-state index contributed by atoms with van der Waals surface area (Å²) in [7, 11) is 1.81. The molecule has 0 bridgehead atoms. The zero-order valence-electron chi connectivity index (χ0n) is 14.1. The molecule has 4 rings (SSSR count). The molecule has 7 heteroatoms. The molecule has 0 N–H and O–H groups in total. The van der Waals surface area contributed by atoms with Crippen molar-refractivity contribution in [3.05, 3.63) is 64.7 Å². The highest BCUT2D eigenvalue weighted by molar-refractivity contribution is 7.18. The molecule has 1 amide bonds. The van der Waals surface area contributed by atoms with Gasteiger partial charge in [0.25, 0.3) is 0 Å². The number of rotatable bonds is 5. The van der Waals surface area contributed by atoms with E-state index in [0.29, 0.717) is 6.54 Å². The fourth-order valence-corrected chi connectivity index (χ4v) is 4.38. The zero-order chi connectivity index (χ0) is 17.9. The molecule has 0 radical (unpaired) electrons. The predicted molar refractivity (Wildman–Crippen MR) is 105 cm³/mol. The van der Waals surface area contributed by atoms with Gasteiger partial charge in [0.2, 0.25) is 5.91 Å². The van der Waals surface area contributed by atoms with Gasteiger partial charge in [-0.15, -0.1) is 22.7 Å². The molecule has 0 aliphatic carbocycles. The molecule has 3 heterocycles. The van der Waals surface area contributed by atoms with Crippen molar-refractivity contribution in [1.29, 1.82) is 0 Å². The minimum atomic E-state index is 0.0297. The van der Waals surface area contributed by atoms with Crippen molar-refractivity contribution >= 4 is 38.8 Å². The molecular formula is C19H16N4OS2. The Morgan fingerprint density at radius 3 is 2.77 bits per heavy atom. The number of nitrogens with zero attached hydrogens (tertiary/aromatic N) is 4. The Morgan fingerprint density at radius 2 is 1.96 bits per heavy atom. The van der Waals surface area contributed by atoms with E-state index in [4.69, 9.17) is 0 Å². The van der Waals surface area contributed by atoms with Crippen LogP contribution in [0.25, 0.3) is 20.9 Å². The lowest BCUT2D eigenvalue weighted by atomic mass is 10.3. The summed E-state index contributed by atoms with van der Waals surface area (Å²) < 4.78 is 1.14. The molecule has 0 atom stereocenters. The van der Waals surface area contributed by atoms with Crippen LogP contribution in [0.15, 0.2) is 54.0 Å². The normalized spacial score (nSPS) is 11.0. The molecule has 0 fully saturated rings. The summed E-state index contributed by atoms with van der Waals surface area (Å²) in [6, 6.07) is 13.7. The highest BCUT2D eigenvalue weighted by Crippen LogP contribution is 2.24. The largest absolute Gasteiger partial charge is 0.339 e. The average molecular weight is 380 g/mol. The molecule has 0 unspecified atom stereocenters. The molecule has 0 saturated carbocycles. The van der Waals surface area contributed by atoms with Crippen molar-refractivity contribution < 1.29 is 4.79 Å². The molecular weight excluding hydrogens is 364 g/mol. The second-order valence-electron chi connectivity index (χ2n) is 5.86. The van der Waals surface area contributed by atoms with Gasteiger partial charge in [-0.1, -0.05) is 18.2 Å². The van der Waals surface area contributed by atoms with E-state index in [2.05, 4.69) is 15.0 Å². The smallest absolute Gasteiger partial charge is 0.228 e. The van der Waals surface area contributed by atoms with Crippen LogP contribution < -0.4 is 0 Å². The number of hydrogen-bond donors (Lipinski definition) is 0. The molecule has 0 saturated heterocycles. The second-order valence-corrected chi connectivity index (χ2v) is 7.83. The lowest BCUT2D eigenvalue weighted by Gasteiger charge is -2.14. The maximum absolute atomic E-state index is 12.5. The fraction of sp³-hybridized carbons (Fsp3) is 0.158. The Morgan fingerprint density at radius 1 is 1.12 bits per heavy atom. The van der Waals surface area contributed by atoms with Crippen LogP contribution in [-0.2, 0) is 17.8 Å². The van der Waals surface area contributed by atoms with Gasteiger partial charge >= 0.3 is 0 Å². The van der Waals surface area contributed by atoms with Crippen LogP contribution in [0.3, 0.4) is 0 Å². The van der Waals surface area contributed by atoms with Gasteiger partial charge in [0, 0.05) is 18.6 Å². The van der Waals surface area contributed by atoms with E-state index in [9.17, 15) is 4.79 Å². The van der Waals surface area contributed by atoms with E-state index >= 15 is 0 Å². The van der Waals surface area contributed by atoms with Crippen LogP contribution in [0.5, 0.6) is 0 Å². The van der Waals surface area contributed by atoms with Gasteiger partial charge in [0.1, 0.15) is 10.0 Å². The summed E-state index contributed by atoms with van der Waals surface area (Å²) in [5, 5.41) is 3.70. The molecule has 26 heavy (non-hydrogen) atoms. The lowest BCUT2D eigenvalue weighted by molar-refractivity contribution is -0.129. The second kappa shape index (κ2) is 7.31. The highest BCUT2D eigenvalue weighted by Gasteiger charge is 2.15. The molecule has 1 aromatic carbocycles. The average Bonchev–Trinajstić information content (AvgIpc) is 3.28. The highest BCUT2D eigenvalue weighted by atomic mass is 32.1. The number of amides is 1. The summed E-state index contributed by atoms with van der Waals surface area (Å²) in [6.07, 6.45) is 2.03. The number of likely N-dealkylation sites (N-methyl/N-ethyl adjacent to an activating group) is 1. The van der Waals surface area contributed by atoms with E-state index in [-0.39, 0.29) is 12.3 Å². The first-order valence-electron chi connectivity index (χ1n) is 8.13. The molecule has 3 aromatic heterocycles. The fourth-order valence-electron chi connectivity index (χ4n) is 2.56.